The zero-order valence-corrected chi connectivity index (χ0v) is 13.4. The molecule has 112 valence electrons. The summed E-state index contributed by atoms with van der Waals surface area (Å²) >= 11 is 3.32. The Morgan fingerprint density at radius 3 is 2.90 bits per heavy atom. The minimum Gasteiger partial charge on any atom is -0.481 e. The molecule has 20 heavy (non-hydrogen) atoms. The molecule has 1 rings (SSSR count). The average molecular weight is 316 g/mol. The fourth-order valence-electron chi connectivity index (χ4n) is 1.46. The number of aromatic nitrogens is 1. The van der Waals surface area contributed by atoms with Crippen molar-refractivity contribution in [2.45, 2.75) is 32.4 Å². The van der Waals surface area contributed by atoms with Gasteiger partial charge in [0.1, 0.15) is 0 Å². The van der Waals surface area contributed by atoms with Gasteiger partial charge in [0.25, 0.3) is 0 Å². The minimum atomic E-state index is -0.826. The number of nitrogens with one attached hydrogen (secondary N) is 1. The van der Waals surface area contributed by atoms with Crippen molar-refractivity contribution in [1.29, 1.82) is 0 Å². The van der Waals surface area contributed by atoms with Crippen LogP contribution in [0.25, 0.3) is 0 Å². The molecule has 0 saturated carbocycles. The lowest BCUT2D eigenvalue weighted by Crippen LogP contribution is -2.27. The van der Waals surface area contributed by atoms with Crippen molar-refractivity contribution in [3.05, 3.63) is 16.1 Å². The van der Waals surface area contributed by atoms with Crippen LogP contribution in [0.1, 0.15) is 30.5 Å². The van der Waals surface area contributed by atoms with Gasteiger partial charge in [-0.2, -0.15) is 11.8 Å². The summed E-state index contributed by atoms with van der Waals surface area (Å²) in [6.45, 7) is 4.03. The summed E-state index contributed by atoms with van der Waals surface area (Å²) in [6, 6.07) is 0. The quantitative estimate of drug-likeness (QED) is 0.683. The Hall–Kier alpha value is -1.08. The fourth-order valence-corrected chi connectivity index (χ4v) is 3.01. The summed E-state index contributed by atoms with van der Waals surface area (Å²) < 4.78 is 0. The van der Waals surface area contributed by atoms with E-state index in [9.17, 15) is 9.59 Å². The molecule has 1 aromatic heterocycles. The van der Waals surface area contributed by atoms with Gasteiger partial charge in [-0.15, -0.1) is 11.3 Å². The van der Waals surface area contributed by atoms with Crippen molar-refractivity contribution < 1.29 is 14.7 Å². The van der Waals surface area contributed by atoms with E-state index >= 15 is 0 Å². The van der Waals surface area contributed by atoms with Crippen LogP contribution in [0.2, 0.25) is 0 Å². The molecule has 0 aliphatic heterocycles. The van der Waals surface area contributed by atoms with E-state index in [0.717, 1.165) is 22.2 Å². The van der Waals surface area contributed by atoms with Crippen LogP contribution in [-0.4, -0.2) is 34.3 Å². The van der Waals surface area contributed by atoms with Crippen molar-refractivity contribution in [1.82, 2.24) is 10.3 Å². The van der Waals surface area contributed by atoms with Crippen LogP contribution >= 0.6 is 23.1 Å². The number of carboxylic acids is 1. The predicted molar refractivity (Wildman–Crippen MR) is 82.1 cm³/mol. The SMILES string of the molecule is Cc1nc(CSCCC(=O)NCCC(C)C(=O)O)cs1. The maximum atomic E-state index is 11.5. The van der Waals surface area contributed by atoms with E-state index in [2.05, 4.69) is 10.3 Å². The maximum Gasteiger partial charge on any atom is 0.306 e. The van der Waals surface area contributed by atoms with Crippen LogP contribution in [0.3, 0.4) is 0 Å². The molecule has 1 aromatic rings. The fraction of sp³-hybridized carbons (Fsp3) is 0.615. The van der Waals surface area contributed by atoms with Crippen molar-refractivity contribution in [2.24, 2.45) is 5.92 Å². The molecule has 5 nitrogen and oxygen atoms in total. The molecule has 0 aliphatic rings. The van der Waals surface area contributed by atoms with Gasteiger partial charge >= 0.3 is 5.97 Å². The summed E-state index contributed by atoms with van der Waals surface area (Å²) in [7, 11) is 0. The number of amides is 1. The first-order valence-electron chi connectivity index (χ1n) is 6.47. The highest BCUT2D eigenvalue weighted by Crippen LogP contribution is 2.15. The highest BCUT2D eigenvalue weighted by molar-refractivity contribution is 7.98. The smallest absolute Gasteiger partial charge is 0.306 e. The second kappa shape index (κ2) is 8.97. The van der Waals surface area contributed by atoms with Crippen molar-refractivity contribution in [3.8, 4) is 0 Å². The summed E-state index contributed by atoms with van der Waals surface area (Å²) in [5.41, 5.74) is 1.06. The first kappa shape index (κ1) is 17.0. The van der Waals surface area contributed by atoms with Gasteiger partial charge in [0, 0.05) is 29.9 Å². The van der Waals surface area contributed by atoms with Crippen LogP contribution in [0.15, 0.2) is 5.38 Å². The topological polar surface area (TPSA) is 79.3 Å². The Morgan fingerprint density at radius 1 is 1.55 bits per heavy atom. The second-order valence-corrected chi connectivity index (χ2v) is 6.71. The molecule has 2 N–H and O–H groups in total. The summed E-state index contributed by atoms with van der Waals surface area (Å²) in [5, 5.41) is 14.5. The summed E-state index contributed by atoms with van der Waals surface area (Å²) in [6.07, 6.45) is 0.918. The van der Waals surface area contributed by atoms with Crippen LogP contribution in [0.5, 0.6) is 0 Å². The number of aryl methyl sites for hydroxylation is 1. The molecule has 0 spiro atoms. The van der Waals surface area contributed by atoms with E-state index in [-0.39, 0.29) is 5.91 Å². The van der Waals surface area contributed by atoms with E-state index in [0.29, 0.717) is 19.4 Å². The molecule has 0 bridgehead atoms. The van der Waals surface area contributed by atoms with Gasteiger partial charge in [0.15, 0.2) is 0 Å². The predicted octanol–water partition coefficient (Wildman–Crippen LogP) is 2.30. The number of rotatable bonds is 9. The van der Waals surface area contributed by atoms with E-state index < -0.39 is 11.9 Å². The van der Waals surface area contributed by atoms with E-state index in [1.165, 1.54) is 0 Å². The molecule has 7 heteroatoms. The lowest BCUT2D eigenvalue weighted by molar-refractivity contribution is -0.141. The van der Waals surface area contributed by atoms with Crippen molar-refractivity contribution >= 4 is 35.0 Å². The number of hydrogen-bond acceptors (Lipinski definition) is 5. The molecule has 1 unspecified atom stereocenters. The Labute approximate surface area is 127 Å². The molecule has 0 radical (unpaired) electrons. The van der Waals surface area contributed by atoms with Crippen LogP contribution in [0, 0.1) is 12.8 Å². The molecule has 1 heterocycles. The third-order valence-corrected chi connectivity index (χ3v) is 4.53. The zero-order chi connectivity index (χ0) is 15.0. The Morgan fingerprint density at radius 2 is 2.30 bits per heavy atom. The van der Waals surface area contributed by atoms with Crippen molar-refractivity contribution in [3.63, 3.8) is 0 Å². The van der Waals surface area contributed by atoms with Gasteiger partial charge in [0.05, 0.1) is 16.6 Å². The number of aliphatic carboxylic acids is 1. The lowest BCUT2D eigenvalue weighted by atomic mass is 10.1. The van der Waals surface area contributed by atoms with Crippen molar-refractivity contribution in [2.75, 3.05) is 12.3 Å². The van der Waals surface area contributed by atoms with E-state index in [1.807, 2.05) is 12.3 Å². The molecule has 0 saturated heterocycles. The van der Waals surface area contributed by atoms with Gasteiger partial charge in [-0.3, -0.25) is 9.59 Å². The van der Waals surface area contributed by atoms with Crippen LogP contribution in [0.4, 0.5) is 0 Å². The average Bonchev–Trinajstić information content (AvgIpc) is 2.80. The summed E-state index contributed by atoms with van der Waals surface area (Å²) in [5.74, 6) is 0.306. The number of hydrogen-bond donors (Lipinski definition) is 2. The summed E-state index contributed by atoms with van der Waals surface area (Å²) in [4.78, 5) is 26.5. The molecular formula is C13H20N2O3S2. The lowest BCUT2D eigenvalue weighted by Gasteiger charge is -2.07. The third kappa shape index (κ3) is 6.91. The van der Waals surface area contributed by atoms with Crippen LogP contribution in [-0.2, 0) is 15.3 Å². The third-order valence-electron chi connectivity index (χ3n) is 2.71. The first-order valence-corrected chi connectivity index (χ1v) is 8.50. The number of thiazole rings is 1. The van der Waals surface area contributed by atoms with Gasteiger partial charge in [-0.25, -0.2) is 4.98 Å². The Balaban J connectivity index is 2.04. The van der Waals surface area contributed by atoms with Crippen LogP contribution < -0.4 is 5.32 Å². The number of nitrogens with zero attached hydrogens (tertiary/aromatic N) is 1. The van der Waals surface area contributed by atoms with Gasteiger partial charge in [-0.05, 0) is 13.3 Å². The first-order chi connectivity index (χ1) is 9.49. The second-order valence-electron chi connectivity index (χ2n) is 4.54. The highest BCUT2D eigenvalue weighted by Gasteiger charge is 2.10. The molecular weight excluding hydrogens is 296 g/mol. The Kier molecular flexibility index (Phi) is 7.61. The molecule has 0 aliphatic carbocycles. The molecule has 0 fully saturated rings. The molecule has 1 atom stereocenters. The number of carbonyl (C=O) groups is 2. The number of thioether (sulfide) groups is 1. The maximum absolute atomic E-state index is 11.5. The largest absolute Gasteiger partial charge is 0.481 e. The monoisotopic (exact) mass is 316 g/mol. The molecule has 1 amide bonds. The molecule has 0 aromatic carbocycles. The standard InChI is InChI=1S/C13H20N2O3S2/c1-9(13(17)18)3-5-14-12(16)4-6-19-7-11-8-20-10(2)15-11/h8-9H,3-7H2,1-2H3,(H,14,16)(H,17,18). The normalized spacial score (nSPS) is 12.1. The van der Waals surface area contributed by atoms with Gasteiger partial charge in [0.2, 0.25) is 5.91 Å². The number of carboxylic acid groups (broad SMARTS) is 1. The minimum absolute atomic E-state index is 0.0236. The van der Waals surface area contributed by atoms with E-state index in [4.69, 9.17) is 5.11 Å². The Bertz CT molecular complexity index is 449. The number of carbonyl (C=O) groups excluding carboxylic acids is 1. The van der Waals surface area contributed by atoms with Gasteiger partial charge < -0.3 is 10.4 Å². The highest BCUT2D eigenvalue weighted by atomic mass is 32.2. The van der Waals surface area contributed by atoms with E-state index in [1.54, 1.807) is 30.0 Å². The van der Waals surface area contributed by atoms with Gasteiger partial charge in [-0.1, -0.05) is 6.92 Å². The zero-order valence-electron chi connectivity index (χ0n) is 11.7.